The molecule has 0 atom stereocenters. The molecule has 1 amide bonds. The van der Waals surface area contributed by atoms with Crippen molar-refractivity contribution in [1.29, 1.82) is 0 Å². The number of aliphatic carboxylic acids is 1. The maximum Gasteiger partial charge on any atom is 0.307 e. The van der Waals surface area contributed by atoms with Crippen molar-refractivity contribution in [2.45, 2.75) is 13.0 Å². The van der Waals surface area contributed by atoms with E-state index in [-0.39, 0.29) is 12.1 Å². The van der Waals surface area contributed by atoms with Crippen molar-refractivity contribution in [2.75, 3.05) is 5.32 Å². The van der Waals surface area contributed by atoms with Gasteiger partial charge in [0.1, 0.15) is 0 Å². The van der Waals surface area contributed by atoms with E-state index in [1.807, 2.05) is 24.3 Å². The van der Waals surface area contributed by atoms with Crippen LogP contribution in [-0.4, -0.2) is 31.6 Å². The van der Waals surface area contributed by atoms with Gasteiger partial charge in [0, 0.05) is 24.0 Å². The summed E-state index contributed by atoms with van der Waals surface area (Å²) >= 11 is 0. The minimum Gasteiger partial charge on any atom is -0.481 e. The number of anilines is 1. The van der Waals surface area contributed by atoms with Crippen molar-refractivity contribution in [1.82, 2.24) is 14.6 Å². The van der Waals surface area contributed by atoms with Crippen LogP contribution < -0.4 is 11.1 Å². The highest BCUT2D eigenvalue weighted by Gasteiger charge is 2.18. The molecule has 30 heavy (non-hydrogen) atoms. The number of carbonyl (C=O) groups is 2. The Morgan fingerprint density at radius 1 is 1.07 bits per heavy atom. The van der Waals surface area contributed by atoms with E-state index in [1.54, 1.807) is 47.1 Å². The first-order chi connectivity index (χ1) is 14.5. The number of para-hydroxylation sites is 1. The Hall–Kier alpha value is -4.04. The summed E-state index contributed by atoms with van der Waals surface area (Å²) in [7, 11) is 0. The van der Waals surface area contributed by atoms with Crippen molar-refractivity contribution in [2.24, 2.45) is 5.73 Å². The van der Waals surface area contributed by atoms with Crippen molar-refractivity contribution in [3.8, 4) is 11.4 Å². The minimum atomic E-state index is -0.977. The van der Waals surface area contributed by atoms with Crippen LogP contribution in [0.3, 0.4) is 0 Å². The Bertz CT molecular complexity index is 1250. The van der Waals surface area contributed by atoms with Crippen LogP contribution in [-0.2, 0) is 17.8 Å². The van der Waals surface area contributed by atoms with Crippen LogP contribution in [0, 0.1) is 0 Å². The number of nitrogens with one attached hydrogen (secondary N) is 1. The molecule has 0 aliphatic carbocycles. The number of rotatable bonds is 6. The zero-order chi connectivity index (χ0) is 21.1. The number of nitrogens with zero attached hydrogens (tertiary/aromatic N) is 3. The smallest absolute Gasteiger partial charge is 0.307 e. The maximum absolute atomic E-state index is 13.1. The van der Waals surface area contributed by atoms with Crippen LogP contribution in [0.2, 0.25) is 0 Å². The van der Waals surface area contributed by atoms with Gasteiger partial charge in [-0.1, -0.05) is 36.4 Å². The van der Waals surface area contributed by atoms with Gasteiger partial charge in [0.05, 0.1) is 11.9 Å². The molecule has 4 rings (SSSR count). The lowest BCUT2D eigenvalue weighted by atomic mass is 10.1. The molecule has 0 radical (unpaired) electrons. The molecule has 0 saturated carbocycles. The van der Waals surface area contributed by atoms with E-state index < -0.39 is 11.9 Å². The van der Waals surface area contributed by atoms with Crippen molar-refractivity contribution < 1.29 is 14.7 Å². The first-order valence-electron chi connectivity index (χ1n) is 9.31. The Morgan fingerprint density at radius 2 is 1.90 bits per heavy atom. The third-order valence-electron chi connectivity index (χ3n) is 4.63. The van der Waals surface area contributed by atoms with Crippen LogP contribution in [0.4, 0.5) is 5.69 Å². The molecular formula is C22H19N5O3. The first kappa shape index (κ1) is 19.3. The summed E-state index contributed by atoms with van der Waals surface area (Å²) < 4.78 is 1.59. The fourth-order valence-corrected chi connectivity index (χ4v) is 3.20. The SMILES string of the molecule is NCc1cccc(-c2nc(C(=O)Nc3ccccc3CC(=O)O)c3cccn3n2)c1. The molecule has 0 saturated heterocycles. The van der Waals surface area contributed by atoms with Gasteiger partial charge in [-0.25, -0.2) is 9.50 Å². The van der Waals surface area contributed by atoms with Gasteiger partial charge in [-0.3, -0.25) is 9.59 Å². The summed E-state index contributed by atoms with van der Waals surface area (Å²) in [5, 5.41) is 16.4. The third-order valence-corrected chi connectivity index (χ3v) is 4.63. The number of hydrogen-bond donors (Lipinski definition) is 3. The molecule has 8 heteroatoms. The van der Waals surface area contributed by atoms with Crippen LogP contribution in [0.5, 0.6) is 0 Å². The number of fused-ring (bicyclic) bond motifs is 1. The average molecular weight is 401 g/mol. The second kappa shape index (κ2) is 8.14. The van der Waals surface area contributed by atoms with E-state index in [4.69, 9.17) is 10.8 Å². The summed E-state index contributed by atoms with van der Waals surface area (Å²) in [6.07, 6.45) is 1.54. The maximum atomic E-state index is 13.1. The second-order valence-electron chi connectivity index (χ2n) is 6.71. The molecule has 0 unspecified atom stereocenters. The normalized spacial score (nSPS) is 10.8. The zero-order valence-corrected chi connectivity index (χ0v) is 15.9. The van der Waals surface area contributed by atoms with E-state index in [1.165, 1.54) is 0 Å². The molecule has 2 heterocycles. The predicted molar refractivity (Wildman–Crippen MR) is 112 cm³/mol. The lowest BCUT2D eigenvalue weighted by molar-refractivity contribution is -0.136. The number of aromatic nitrogens is 3. The third kappa shape index (κ3) is 3.89. The number of benzene rings is 2. The Balaban J connectivity index is 1.74. The molecule has 150 valence electrons. The van der Waals surface area contributed by atoms with E-state index in [2.05, 4.69) is 15.4 Å². The standard InChI is InChI=1S/C22H19N5O3/c23-13-14-5-3-7-16(11-14)21-25-20(18-9-4-10-27(18)26-21)22(30)24-17-8-2-1-6-15(17)12-19(28)29/h1-11H,12-13,23H2,(H,24,30)(H,28,29). The van der Waals surface area contributed by atoms with Gasteiger partial charge in [-0.05, 0) is 35.4 Å². The summed E-state index contributed by atoms with van der Waals surface area (Å²) in [5.74, 6) is -1.04. The van der Waals surface area contributed by atoms with Crippen molar-refractivity contribution >= 4 is 23.1 Å². The van der Waals surface area contributed by atoms with Crippen LogP contribution in [0.25, 0.3) is 16.9 Å². The molecule has 2 aromatic heterocycles. The molecule has 0 aliphatic heterocycles. The molecular weight excluding hydrogens is 382 g/mol. The summed E-state index contributed by atoms with van der Waals surface area (Å²) in [6, 6.07) is 17.8. The second-order valence-corrected chi connectivity index (χ2v) is 6.71. The molecule has 4 N–H and O–H groups in total. The Labute approximate surface area is 172 Å². The number of carboxylic acids is 1. The quantitative estimate of drug-likeness (QED) is 0.457. The molecule has 0 spiro atoms. The highest BCUT2D eigenvalue weighted by Crippen LogP contribution is 2.21. The van der Waals surface area contributed by atoms with Gasteiger partial charge in [-0.15, -0.1) is 5.10 Å². The zero-order valence-electron chi connectivity index (χ0n) is 15.9. The molecule has 0 aliphatic rings. The summed E-state index contributed by atoms with van der Waals surface area (Å²) in [5.41, 5.74) is 9.08. The monoisotopic (exact) mass is 401 g/mol. The largest absolute Gasteiger partial charge is 0.481 e. The highest BCUT2D eigenvalue weighted by molar-refractivity contribution is 6.08. The number of carboxylic acid groups (broad SMARTS) is 1. The number of hydrogen-bond acceptors (Lipinski definition) is 5. The fraction of sp³-hybridized carbons (Fsp3) is 0.0909. The van der Waals surface area contributed by atoms with Crippen molar-refractivity contribution in [3.63, 3.8) is 0 Å². The fourth-order valence-electron chi connectivity index (χ4n) is 3.20. The van der Waals surface area contributed by atoms with Gasteiger partial charge in [0.25, 0.3) is 5.91 Å². The highest BCUT2D eigenvalue weighted by atomic mass is 16.4. The summed E-state index contributed by atoms with van der Waals surface area (Å²) in [6.45, 7) is 0.382. The van der Waals surface area contributed by atoms with Gasteiger partial charge >= 0.3 is 5.97 Å². The number of carbonyl (C=O) groups excluding carboxylic acids is 1. The van der Waals surface area contributed by atoms with Crippen LogP contribution in [0.1, 0.15) is 21.6 Å². The van der Waals surface area contributed by atoms with Crippen molar-refractivity contribution in [3.05, 3.63) is 83.7 Å². The lowest BCUT2D eigenvalue weighted by Gasteiger charge is -2.11. The van der Waals surface area contributed by atoms with Gasteiger partial charge in [0.2, 0.25) is 0 Å². The topological polar surface area (TPSA) is 123 Å². The van der Waals surface area contributed by atoms with Crippen LogP contribution in [0.15, 0.2) is 66.9 Å². The minimum absolute atomic E-state index is 0.188. The molecule has 8 nitrogen and oxygen atoms in total. The number of nitrogens with two attached hydrogens (primary N) is 1. The van der Waals surface area contributed by atoms with Gasteiger partial charge < -0.3 is 16.2 Å². The molecule has 2 aromatic carbocycles. The molecule has 0 bridgehead atoms. The van der Waals surface area contributed by atoms with E-state index in [9.17, 15) is 9.59 Å². The lowest BCUT2D eigenvalue weighted by Crippen LogP contribution is -2.18. The van der Waals surface area contributed by atoms with Gasteiger partial charge in [-0.2, -0.15) is 0 Å². The Kier molecular flexibility index (Phi) is 5.23. The van der Waals surface area contributed by atoms with Gasteiger partial charge in [0.15, 0.2) is 11.5 Å². The Morgan fingerprint density at radius 3 is 2.70 bits per heavy atom. The number of amides is 1. The average Bonchev–Trinajstić information content (AvgIpc) is 3.23. The van der Waals surface area contributed by atoms with E-state index in [0.29, 0.717) is 29.1 Å². The predicted octanol–water partition coefficient (Wildman–Crippen LogP) is 2.73. The van der Waals surface area contributed by atoms with E-state index in [0.717, 1.165) is 11.1 Å². The molecule has 4 aromatic rings. The summed E-state index contributed by atoms with van der Waals surface area (Å²) in [4.78, 5) is 28.7. The van der Waals surface area contributed by atoms with E-state index >= 15 is 0 Å². The molecule has 0 fully saturated rings. The van der Waals surface area contributed by atoms with Crippen LogP contribution >= 0.6 is 0 Å². The first-order valence-corrected chi connectivity index (χ1v) is 9.31.